The molecule has 1 aromatic heterocycles. The van der Waals surface area contributed by atoms with Crippen LogP contribution in [-0.4, -0.2) is 88.9 Å². The quantitative estimate of drug-likeness (QED) is 0.362. The van der Waals surface area contributed by atoms with Gasteiger partial charge >= 0.3 is 0 Å². The predicted molar refractivity (Wildman–Crippen MR) is 201 cm³/mol. The number of rotatable bonds is 8. The molecule has 3 fully saturated rings. The molecule has 2 N–H and O–H groups in total. The van der Waals surface area contributed by atoms with Gasteiger partial charge in [0.05, 0.1) is 35.7 Å². The van der Waals surface area contributed by atoms with Gasteiger partial charge in [-0.1, -0.05) is 32.4 Å². The summed E-state index contributed by atoms with van der Waals surface area (Å²) in [4.78, 5) is 53.3. The van der Waals surface area contributed by atoms with Crippen molar-refractivity contribution in [2.45, 2.75) is 114 Å². The first-order valence-electron chi connectivity index (χ1n) is 18.5. The zero-order chi connectivity index (χ0) is 37.0. The fourth-order valence-electron chi connectivity index (χ4n) is 7.45. The van der Waals surface area contributed by atoms with Crippen LogP contribution in [0, 0.1) is 18.8 Å². The summed E-state index contributed by atoms with van der Waals surface area (Å²) in [5.41, 5.74) is 0.880. The lowest BCUT2D eigenvalue weighted by Crippen LogP contribution is -2.57. The number of ether oxygens (including phenoxy) is 2. The number of sulfonamides is 1. The van der Waals surface area contributed by atoms with E-state index in [1.807, 2.05) is 37.3 Å². The van der Waals surface area contributed by atoms with E-state index in [2.05, 4.69) is 23.9 Å². The molecule has 4 heterocycles. The molecule has 0 radical (unpaired) electrons. The molecule has 14 heteroatoms. The average molecular weight is 752 g/mol. The number of thioether (sulfide) groups is 1. The highest BCUT2D eigenvalue weighted by molar-refractivity contribution is 8.14. The number of aliphatic imine (C=N–C) groups is 1. The van der Waals surface area contributed by atoms with Gasteiger partial charge < -0.3 is 19.7 Å². The summed E-state index contributed by atoms with van der Waals surface area (Å²) in [5, 5.41) is 4.57. The Labute approximate surface area is 310 Å². The smallest absolute Gasteiger partial charge is 0.259 e. The first-order valence-corrected chi connectivity index (χ1v) is 20.9. The number of benzene rings is 1. The molecule has 280 valence electrons. The van der Waals surface area contributed by atoms with Crippen LogP contribution < -0.4 is 19.5 Å². The van der Waals surface area contributed by atoms with Crippen molar-refractivity contribution in [2.75, 3.05) is 19.4 Å². The Morgan fingerprint density at radius 3 is 2.65 bits per heavy atom. The first kappa shape index (κ1) is 36.7. The number of carbonyl (C=O) groups excluding carboxylic acids is 3. The minimum atomic E-state index is -3.92. The van der Waals surface area contributed by atoms with Crippen molar-refractivity contribution in [2.24, 2.45) is 16.8 Å². The van der Waals surface area contributed by atoms with Crippen molar-refractivity contribution in [3.63, 3.8) is 0 Å². The lowest BCUT2D eigenvalue weighted by Gasteiger charge is -2.27. The maximum Gasteiger partial charge on any atom is 0.259 e. The third-order valence-corrected chi connectivity index (χ3v) is 14.7. The molecule has 7 rings (SSSR count). The van der Waals surface area contributed by atoms with Gasteiger partial charge in [0.25, 0.3) is 5.91 Å². The fourth-order valence-corrected chi connectivity index (χ4v) is 10.0. The molecule has 3 aliphatic heterocycles. The van der Waals surface area contributed by atoms with E-state index in [0.717, 1.165) is 46.5 Å². The van der Waals surface area contributed by atoms with Gasteiger partial charge in [-0.15, -0.1) is 11.8 Å². The summed E-state index contributed by atoms with van der Waals surface area (Å²) in [5.74, 6) is 0.825. The number of aryl methyl sites for hydroxylation is 1. The highest BCUT2D eigenvalue weighted by Gasteiger charge is 2.63. The van der Waals surface area contributed by atoms with Crippen molar-refractivity contribution in [1.29, 1.82) is 0 Å². The summed E-state index contributed by atoms with van der Waals surface area (Å²) in [7, 11) is -2.30. The van der Waals surface area contributed by atoms with Gasteiger partial charge in [-0.05, 0) is 70.4 Å². The lowest BCUT2D eigenvalue weighted by atomic mass is 10.1. The Balaban J connectivity index is 1.19. The Bertz CT molecular complexity index is 1960. The monoisotopic (exact) mass is 751 g/mol. The van der Waals surface area contributed by atoms with Crippen molar-refractivity contribution >= 4 is 55.5 Å². The summed E-state index contributed by atoms with van der Waals surface area (Å²) in [6, 6.07) is 4.99. The second kappa shape index (κ2) is 14.0. The summed E-state index contributed by atoms with van der Waals surface area (Å²) in [6.07, 6.45) is 8.30. The molecule has 5 atom stereocenters. The molecule has 2 aliphatic carbocycles. The van der Waals surface area contributed by atoms with E-state index in [1.54, 1.807) is 30.7 Å². The topological polar surface area (TPSA) is 156 Å². The van der Waals surface area contributed by atoms with Crippen LogP contribution in [-0.2, 0) is 24.4 Å². The van der Waals surface area contributed by atoms with E-state index in [0.29, 0.717) is 48.8 Å². The number of hydrogen-bond donors (Lipinski definition) is 2. The normalized spacial score (nSPS) is 29.4. The second-order valence-electron chi connectivity index (χ2n) is 15.6. The molecule has 1 aromatic carbocycles. The lowest BCUT2D eigenvalue weighted by molar-refractivity contribution is -0.139. The number of nitrogens with one attached hydrogen (secondary N) is 2. The van der Waals surface area contributed by atoms with Crippen molar-refractivity contribution < 1.29 is 32.3 Å². The molecule has 0 bridgehead atoms. The maximum atomic E-state index is 14.2. The van der Waals surface area contributed by atoms with Gasteiger partial charge in [-0.25, -0.2) is 13.4 Å². The molecule has 3 amide bonds. The highest BCUT2D eigenvalue weighted by atomic mass is 32.2. The van der Waals surface area contributed by atoms with Crippen LogP contribution in [0.1, 0.15) is 89.8 Å². The maximum absolute atomic E-state index is 14.2. The van der Waals surface area contributed by atoms with E-state index >= 15 is 0 Å². The van der Waals surface area contributed by atoms with E-state index in [4.69, 9.17) is 19.5 Å². The molecule has 1 unspecified atom stereocenters. The van der Waals surface area contributed by atoms with Crippen LogP contribution in [0.3, 0.4) is 0 Å². The molecule has 5 aliphatic rings. The van der Waals surface area contributed by atoms with Crippen molar-refractivity contribution in [1.82, 2.24) is 19.9 Å². The predicted octanol–water partition coefficient (Wildman–Crippen LogP) is 4.81. The van der Waals surface area contributed by atoms with Crippen molar-refractivity contribution in [3.8, 4) is 11.5 Å². The number of methoxy groups -OCH3 is 1. The minimum Gasteiger partial charge on any atom is -0.496 e. The molecule has 12 nitrogen and oxygen atoms in total. The number of carbonyl (C=O) groups is 3. The fraction of sp³-hybridized carbons (Fsp3) is 0.605. The van der Waals surface area contributed by atoms with Gasteiger partial charge in [-0.2, -0.15) is 0 Å². The first-order chi connectivity index (χ1) is 24.7. The van der Waals surface area contributed by atoms with Crippen LogP contribution in [0.4, 0.5) is 0 Å². The van der Waals surface area contributed by atoms with Crippen LogP contribution in [0.15, 0.2) is 35.3 Å². The van der Waals surface area contributed by atoms with Gasteiger partial charge in [-0.3, -0.25) is 24.1 Å². The summed E-state index contributed by atoms with van der Waals surface area (Å²) < 4.78 is 39.8. The minimum absolute atomic E-state index is 0.147. The molecule has 0 spiro atoms. The number of nitrogens with zero attached hydrogens (tertiary/aromatic N) is 3. The van der Waals surface area contributed by atoms with Crippen LogP contribution in [0.5, 0.6) is 11.5 Å². The Hall–Kier alpha value is -3.65. The van der Waals surface area contributed by atoms with Crippen LogP contribution >= 0.6 is 11.8 Å². The number of aromatic nitrogens is 1. The third-order valence-electron chi connectivity index (χ3n) is 11.4. The molecule has 52 heavy (non-hydrogen) atoms. The highest BCUT2D eigenvalue weighted by Crippen LogP contribution is 2.47. The van der Waals surface area contributed by atoms with Gasteiger partial charge in [0.2, 0.25) is 21.8 Å². The summed E-state index contributed by atoms with van der Waals surface area (Å²) in [6.45, 7) is 8.08. The van der Waals surface area contributed by atoms with Gasteiger partial charge in [0, 0.05) is 41.5 Å². The molecule has 1 saturated heterocycles. The second-order valence-corrected chi connectivity index (χ2v) is 18.8. The van der Waals surface area contributed by atoms with Crippen molar-refractivity contribution in [3.05, 3.63) is 41.6 Å². The number of pyridine rings is 1. The van der Waals surface area contributed by atoms with Crippen LogP contribution in [0.25, 0.3) is 10.9 Å². The van der Waals surface area contributed by atoms with E-state index in [-0.39, 0.29) is 37.3 Å². The Kier molecular flexibility index (Phi) is 9.85. The van der Waals surface area contributed by atoms with Gasteiger partial charge in [0.1, 0.15) is 34.2 Å². The Morgan fingerprint density at radius 2 is 1.94 bits per heavy atom. The molecule has 2 saturated carbocycles. The zero-order valence-electron chi connectivity index (χ0n) is 30.6. The number of hydrogen-bond acceptors (Lipinski definition) is 10. The summed E-state index contributed by atoms with van der Waals surface area (Å²) >= 11 is 1.67. The zero-order valence-corrected chi connectivity index (χ0v) is 32.2. The van der Waals surface area contributed by atoms with Gasteiger partial charge in [0.15, 0.2) is 0 Å². The van der Waals surface area contributed by atoms with E-state index in [1.165, 1.54) is 0 Å². The molecule has 2 aromatic rings. The average Bonchev–Trinajstić information content (AvgIpc) is 3.87. The third kappa shape index (κ3) is 6.92. The number of allylic oxidation sites excluding steroid dienone is 1. The largest absolute Gasteiger partial charge is 0.496 e. The standard InChI is InChI=1S/C38H49N5O7S2/c1-22(2)28-21-51-35(40-28)27-18-31(26-13-14-30(49-5)23(3)33(26)39-27)50-25-17-29-34(45)41-38(36(46)42-52(47,48)37(4)15-16-37)19-24(38)11-9-7-6-8-10-12-32(44)43(29)20-25/h9,11,13-14,18,22,24-25,28-29H,6-8,10,12,15-17,19-21H2,1-5H3,(H,41,45)(H,42,46)/b11-9-/t24-,25-,28?,29+,38-/m1/s1. The van der Waals surface area contributed by atoms with E-state index < -0.39 is 44.3 Å². The number of amides is 3. The molecular formula is C38H49N5O7S2. The van der Waals surface area contributed by atoms with Crippen LogP contribution in [0.2, 0.25) is 0 Å². The van der Waals surface area contributed by atoms with E-state index in [9.17, 15) is 22.8 Å². The molecular weight excluding hydrogens is 703 g/mol. The number of fused-ring (bicyclic) bond motifs is 3. The SMILES string of the molecule is COc1ccc2c(O[C@@H]3C[C@H]4C(=O)N[C@]5(C(=O)NS(=O)(=O)C6(C)CC6)C[C@H]5/C=C\CCCCCC(=O)N4C3)cc(C3=NC(C(C)C)CS3)nc2c1C. The Morgan fingerprint density at radius 1 is 1.15 bits per heavy atom.